The first-order chi connectivity index (χ1) is 7.27. The molecule has 1 aromatic carbocycles. The predicted octanol–water partition coefficient (Wildman–Crippen LogP) is 0.873. The van der Waals surface area contributed by atoms with E-state index >= 15 is 0 Å². The molecule has 0 atom stereocenters. The van der Waals surface area contributed by atoms with Gasteiger partial charge in [0.2, 0.25) is 0 Å². The molecule has 0 amide bonds. The third kappa shape index (κ3) is 3.77. The van der Waals surface area contributed by atoms with Gasteiger partial charge in [-0.2, -0.15) is 0 Å². The number of aromatic hydroxyl groups is 1. The first kappa shape index (κ1) is 11.8. The molecule has 0 saturated heterocycles. The molecule has 0 aromatic heterocycles. The van der Waals surface area contributed by atoms with E-state index in [1.807, 2.05) is 0 Å². The average molecular weight is 211 g/mol. The van der Waals surface area contributed by atoms with Crippen LogP contribution in [0.3, 0.4) is 0 Å². The molecule has 15 heavy (non-hydrogen) atoms. The number of aliphatic hydroxyl groups is 1. The van der Waals surface area contributed by atoms with Crippen LogP contribution in [0.15, 0.2) is 18.2 Å². The lowest BCUT2D eigenvalue weighted by Crippen LogP contribution is -2.15. The molecule has 0 bridgehead atoms. The number of methoxy groups -OCH3 is 1. The first-order valence-electron chi connectivity index (χ1n) is 4.95. The number of rotatable bonds is 6. The number of nitrogens with one attached hydrogen (secondary N) is 1. The number of ether oxygens (including phenoxy) is 1. The number of aliphatic hydroxyl groups excluding tert-OH is 1. The molecular formula is C11H17NO3. The van der Waals surface area contributed by atoms with Crippen LogP contribution in [0.5, 0.6) is 11.5 Å². The number of benzene rings is 1. The minimum absolute atomic E-state index is 0.178. The summed E-state index contributed by atoms with van der Waals surface area (Å²) in [6.45, 7) is 1.48. The van der Waals surface area contributed by atoms with E-state index in [1.54, 1.807) is 25.3 Å². The van der Waals surface area contributed by atoms with Crippen molar-refractivity contribution in [2.75, 3.05) is 20.3 Å². The zero-order valence-corrected chi connectivity index (χ0v) is 8.86. The minimum atomic E-state index is 0.178. The van der Waals surface area contributed by atoms with Crippen LogP contribution in [-0.4, -0.2) is 30.5 Å². The van der Waals surface area contributed by atoms with Crippen LogP contribution < -0.4 is 10.1 Å². The second-order valence-corrected chi connectivity index (χ2v) is 3.25. The Bertz CT molecular complexity index is 302. The fourth-order valence-electron chi connectivity index (χ4n) is 1.26. The summed E-state index contributed by atoms with van der Waals surface area (Å²) >= 11 is 0. The second-order valence-electron chi connectivity index (χ2n) is 3.25. The highest BCUT2D eigenvalue weighted by Crippen LogP contribution is 2.22. The van der Waals surface area contributed by atoms with Crippen LogP contribution in [-0.2, 0) is 6.54 Å². The highest BCUT2D eigenvalue weighted by molar-refractivity contribution is 5.39. The van der Waals surface area contributed by atoms with Crippen molar-refractivity contribution in [3.63, 3.8) is 0 Å². The SMILES string of the molecule is COc1ccc(O)c(CNCCCO)c1. The van der Waals surface area contributed by atoms with E-state index in [0.717, 1.165) is 17.9 Å². The molecule has 4 nitrogen and oxygen atoms in total. The number of hydrogen-bond donors (Lipinski definition) is 3. The molecule has 0 fully saturated rings. The van der Waals surface area contributed by atoms with Crippen molar-refractivity contribution < 1.29 is 14.9 Å². The van der Waals surface area contributed by atoms with Gasteiger partial charge in [0, 0.05) is 18.7 Å². The summed E-state index contributed by atoms with van der Waals surface area (Å²) in [6, 6.07) is 5.12. The molecule has 0 aliphatic rings. The third-order valence-electron chi connectivity index (χ3n) is 2.11. The van der Waals surface area contributed by atoms with Crippen LogP contribution in [0.1, 0.15) is 12.0 Å². The fourth-order valence-corrected chi connectivity index (χ4v) is 1.26. The smallest absolute Gasteiger partial charge is 0.120 e. The van der Waals surface area contributed by atoms with Crippen molar-refractivity contribution in [2.45, 2.75) is 13.0 Å². The molecule has 0 aliphatic heterocycles. The Hall–Kier alpha value is -1.26. The van der Waals surface area contributed by atoms with Crippen LogP contribution in [0.2, 0.25) is 0 Å². The Morgan fingerprint density at radius 2 is 2.20 bits per heavy atom. The van der Waals surface area contributed by atoms with Crippen molar-refractivity contribution in [1.82, 2.24) is 5.32 Å². The number of hydrogen-bond acceptors (Lipinski definition) is 4. The van der Waals surface area contributed by atoms with E-state index < -0.39 is 0 Å². The molecule has 0 radical (unpaired) electrons. The third-order valence-corrected chi connectivity index (χ3v) is 2.11. The van der Waals surface area contributed by atoms with Gasteiger partial charge in [0.1, 0.15) is 11.5 Å². The second kappa shape index (κ2) is 6.27. The van der Waals surface area contributed by atoms with E-state index in [-0.39, 0.29) is 12.4 Å². The molecule has 1 rings (SSSR count). The maximum absolute atomic E-state index is 9.54. The van der Waals surface area contributed by atoms with Gasteiger partial charge in [0.15, 0.2) is 0 Å². The molecule has 0 heterocycles. The maximum Gasteiger partial charge on any atom is 0.120 e. The maximum atomic E-state index is 9.54. The van der Waals surface area contributed by atoms with E-state index in [0.29, 0.717) is 13.0 Å². The quantitative estimate of drug-likeness (QED) is 0.611. The Morgan fingerprint density at radius 1 is 1.40 bits per heavy atom. The van der Waals surface area contributed by atoms with Gasteiger partial charge >= 0.3 is 0 Å². The van der Waals surface area contributed by atoms with Gasteiger partial charge in [-0.05, 0) is 31.2 Å². The largest absolute Gasteiger partial charge is 0.508 e. The van der Waals surface area contributed by atoms with E-state index in [4.69, 9.17) is 9.84 Å². The Morgan fingerprint density at radius 3 is 2.87 bits per heavy atom. The Balaban J connectivity index is 2.51. The van der Waals surface area contributed by atoms with Crippen molar-refractivity contribution in [3.8, 4) is 11.5 Å². The van der Waals surface area contributed by atoms with Crippen LogP contribution in [0, 0.1) is 0 Å². The molecule has 0 unspecified atom stereocenters. The van der Waals surface area contributed by atoms with Crippen molar-refractivity contribution in [2.24, 2.45) is 0 Å². The van der Waals surface area contributed by atoms with E-state index in [2.05, 4.69) is 5.32 Å². The number of phenols is 1. The van der Waals surface area contributed by atoms with Crippen LogP contribution in [0.4, 0.5) is 0 Å². The summed E-state index contributed by atoms with van der Waals surface area (Å²) in [5.41, 5.74) is 0.798. The lowest BCUT2D eigenvalue weighted by molar-refractivity contribution is 0.286. The summed E-state index contributed by atoms with van der Waals surface area (Å²) in [5, 5.41) is 21.3. The van der Waals surface area contributed by atoms with E-state index in [1.165, 1.54) is 0 Å². The van der Waals surface area contributed by atoms with Gasteiger partial charge in [-0.1, -0.05) is 0 Å². The summed E-state index contributed by atoms with van der Waals surface area (Å²) in [4.78, 5) is 0. The van der Waals surface area contributed by atoms with Crippen molar-refractivity contribution in [3.05, 3.63) is 23.8 Å². The summed E-state index contributed by atoms with van der Waals surface area (Å²) in [6.07, 6.45) is 0.713. The highest BCUT2D eigenvalue weighted by Gasteiger charge is 2.02. The van der Waals surface area contributed by atoms with Gasteiger partial charge in [0.05, 0.1) is 7.11 Å². The average Bonchev–Trinajstić information content (AvgIpc) is 2.26. The molecule has 1 aromatic rings. The van der Waals surface area contributed by atoms with Crippen molar-refractivity contribution in [1.29, 1.82) is 0 Å². The highest BCUT2D eigenvalue weighted by atomic mass is 16.5. The molecule has 0 spiro atoms. The Kier molecular flexibility index (Phi) is 4.93. The lowest BCUT2D eigenvalue weighted by Gasteiger charge is -2.08. The van der Waals surface area contributed by atoms with Gasteiger partial charge in [-0.15, -0.1) is 0 Å². The summed E-state index contributed by atoms with van der Waals surface area (Å²) < 4.78 is 5.06. The fraction of sp³-hybridized carbons (Fsp3) is 0.455. The van der Waals surface area contributed by atoms with Gasteiger partial charge < -0.3 is 20.3 Å². The standard InChI is InChI=1S/C11H17NO3/c1-15-10-3-4-11(14)9(7-10)8-12-5-2-6-13/h3-4,7,12-14H,2,5-6,8H2,1H3. The zero-order valence-electron chi connectivity index (χ0n) is 8.86. The lowest BCUT2D eigenvalue weighted by atomic mass is 10.2. The summed E-state index contributed by atoms with van der Waals surface area (Å²) in [7, 11) is 1.59. The molecule has 4 heteroatoms. The van der Waals surface area contributed by atoms with E-state index in [9.17, 15) is 5.11 Å². The minimum Gasteiger partial charge on any atom is -0.508 e. The summed E-state index contributed by atoms with van der Waals surface area (Å²) in [5.74, 6) is 0.985. The molecule has 0 aliphatic carbocycles. The number of phenolic OH excluding ortho intramolecular Hbond substituents is 1. The molecule has 84 valence electrons. The normalized spacial score (nSPS) is 10.3. The zero-order chi connectivity index (χ0) is 11.1. The van der Waals surface area contributed by atoms with Gasteiger partial charge in [-0.25, -0.2) is 0 Å². The van der Waals surface area contributed by atoms with Gasteiger partial charge in [-0.3, -0.25) is 0 Å². The van der Waals surface area contributed by atoms with Crippen LogP contribution >= 0.6 is 0 Å². The first-order valence-corrected chi connectivity index (χ1v) is 4.95. The predicted molar refractivity (Wildman–Crippen MR) is 58.1 cm³/mol. The molecule has 0 saturated carbocycles. The van der Waals surface area contributed by atoms with Gasteiger partial charge in [0.25, 0.3) is 0 Å². The molecule has 3 N–H and O–H groups in total. The molecular weight excluding hydrogens is 194 g/mol. The van der Waals surface area contributed by atoms with Crippen molar-refractivity contribution >= 4 is 0 Å². The van der Waals surface area contributed by atoms with Crippen LogP contribution in [0.25, 0.3) is 0 Å². The monoisotopic (exact) mass is 211 g/mol. The topological polar surface area (TPSA) is 61.7 Å². The Labute approximate surface area is 89.5 Å².